The highest BCUT2D eigenvalue weighted by atomic mass is 16.5. The average molecular weight is 314 g/mol. The summed E-state index contributed by atoms with van der Waals surface area (Å²) in [4.78, 5) is 9.27. The maximum absolute atomic E-state index is 5.08. The number of hydrogen-bond acceptors (Lipinski definition) is 5. The fourth-order valence-corrected chi connectivity index (χ4v) is 2.14. The van der Waals surface area contributed by atoms with Crippen LogP contribution in [0.1, 0.15) is 27.2 Å². The summed E-state index contributed by atoms with van der Waals surface area (Å²) >= 11 is 0. The zero-order valence-corrected chi connectivity index (χ0v) is 14.4. The van der Waals surface area contributed by atoms with Gasteiger partial charge in [-0.1, -0.05) is 30.3 Å². The van der Waals surface area contributed by atoms with Gasteiger partial charge in [-0.15, -0.1) is 0 Å². The van der Waals surface area contributed by atoms with E-state index in [-0.39, 0.29) is 5.54 Å². The van der Waals surface area contributed by atoms with Crippen LogP contribution in [0, 0.1) is 0 Å². The molecule has 5 nitrogen and oxygen atoms in total. The van der Waals surface area contributed by atoms with Crippen LogP contribution in [0.15, 0.2) is 36.4 Å². The number of methoxy groups -OCH3 is 1. The molecular weight excluding hydrogens is 288 g/mol. The quantitative estimate of drug-likeness (QED) is 0.761. The molecule has 2 N–H and O–H groups in total. The predicted octanol–water partition coefficient (Wildman–Crippen LogP) is 3.80. The van der Waals surface area contributed by atoms with Gasteiger partial charge >= 0.3 is 0 Å². The van der Waals surface area contributed by atoms with Gasteiger partial charge in [0, 0.05) is 37.4 Å². The van der Waals surface area contributed by atoms with E-state index in [1.165, 1.54) is 0 Å². The van der Waals surface area contributed by atoms with Crippen molar-refractivity contribution in [3.05, 3.63) is 36.4 Å². The third-order valence-electron chi connectivity index (χ3n) is 3.09. The molecule has 2 aromatic rings. The molecule has 0 amide bonds. The third-order valence-corrected chi connectivity index (χ3v) is 3.09. The van der Waals surface area contributed by atoms with Crippen LogP contribution < -0.4 is 10.6 Å². The molecule has 0 aliphatic rings. The largest absolute Gasteiger partial charge is 0.385 e. The van der Waals surface area contributed by atoms with Crippen molar-refractivity contribution in [2.75, 3.05) is 30.9 Å². The highest BCUT2D eigenvalue weighted by Crippen LogP contribution is 2.22. The summed E-state index contributed by atoms with van der Waals surface area (Å²) in [5.74, 6) is 2.36. The van der Waals surface area contributed by atoms with Gasteiger partial charge in [0.2, 0.25) is 0 Å². The SMILES string of the molecule is COCCCNc1cc(NC(C)(C)C)nc(-c2ccccc2)n1. The molecule has 0 saturated carbocycles. The van der Waals surface area contributed by atoms with Crippen molar-refractivity contribution < 1.29 is 4.74 Å². The van der Waals surface area contributed by atoms with Crippen LogP contribution >= 0.6 is 0 Å². The summed E-state index contributed by atoms with van der Waals surface area (Å²) in [6, 6.07) is 12.0. The maximum atomic E-state index is 5.08. The lowest BCUT2D eigenvalue weighted by Crippen LogP contribution is -2.27. The van der Waals surface area contributed by atoms with Crippen LogP contribution in [0.5, 0.6) is 0 Å². The van der Waals surface area contributed by atoms with E-state index < -0.39 is 0 Å². The molecular formula is C18H26N4O. The van der Waals surface area contributed by atoms with Gasteiger partial charge in [0.05, 0.1) is 0 Å². The minimum absolute atomic E-state index is 0.0599. The molecule has 0 bridgehead atoms. The smallest absolute Gasteiger partial charge is 0.163 e. The first-order valence-corrected chi connectivity index (χ1v) is 7.93. The lowest BCUT2D eigenvalue weighted by Gasteiger charge is -2.22. The first-order valence-electron chi connectivity index (χ1n) is 7.93. The number of benzene rings is 1. The average Bonchev–Trinajstić information content (AvgIpc) is 2.51. The molecule has 1 aromatic carbocycles. The van der Waals surface area contributed by atoms with Gasteiger partial charge < -0.3 is 15.4 Å². The predicted molar refractivity (Wildman–Crippen MR) is 95.8 cm³/mol. The van der Waals surface area contributed by atoms with Crippen LogP contribution in [-0.2, 0) is 4.74 Å². The number of rotatable bonds is 7. The zero-order valence-electron chi connectivity index (χ0n) is 14.4. The Labute approximate surface area is 138 Å². The normalized spacial score (nSPS) is 11.3. The second kappa shape index (κ2) is 7.92. The van der Waals surface area contributed by atoms with E-state index in [2.05, 4.69) is 41.4 Å². The number of hydrogen-bond donors (Lipinski definition) is 2. The molecule has 124 valence electrons. The van der Waals surface area contributed by atoms with Gasteiger partial charge in [-0.05, 0) is 27.2 Å². The molecule has 0 saturated heterocycles. The molecule has 0 spiro atoms. The molecule has 0 aliphatic heterocycles. The van der Waals surface area contributed by atoms with Crippen LogP contribution in [0.25, 0.3) is 11.4 Å². The standard InChI is InChI=1S/C18H26N4O/c1-18(2,3)22-16-13-15(19-11-8-12-23-4)20-17(21-16)14-9-6-5-7-10-14/h5-7,9-10,13H,8,11-12H2,1-4H3,(H2,19,20,21,22). The first kappa shape index (κ1) is 17.2. The van der Waals surface area contributed by atoms with Gasteiger partial charge in [0.1, 0.15) is 11.6 Å². The highest BCUT2D eigenvalue weighted by Gasteiger charge is 2.13. The Morgan fingerprint density at radius 2 is 1.74 bits per heavy atom. The Balaban J connectivity index is 2.24. The van der Waals surface area contributed by atoms with E-state index in [0.29, 0.717) is 5.82 Å². The van der Waals surface area contributed by atoms with Gasteiger partial charge in [-0.2, -0.15) is 0 Å². The summed E-state index contributed by atoms with van der Waals surface area (Å²) in [6.07, 6.45) is 0.934. The number of ether oxygens (including phenoxy) is 1. The molecule has 0 unspecified atom stereocenters. The molecule has 0 radical (unpaired) electrons. The monoisotopic (exact) mass is 314 g/mol. The molecule has 0 atom stereocenters. The summed E-state index contributed by atoms with van der Waals surface area (Å²) in [5, 5.41) is 6.76. The summed E-state index contributed by atoms with van der Waals surface area (Å²) in [5.41, 5.74) is 0.945. The topological polar surface area (TPSA) is 59.1 Å². The van der Waals surface area contributed by atoms with Crippen molar-refractivity contribution in [1.29, 1.82) is 0 Å². The molecule has 5 heteroatoms. The lowest BCUT2D eigenvalue weighted by atomic mass is 10.1. The minimum Gasteiger partial charge on any atom is -0.385 e. The second-order valence-electron chi connectivity index (χ2n) is 6.48. The van der Waals surface area contributed by atoms with E-state index in [1.807, 2.05) is 36.4 Å². The second-order valence-corrected chi connectivity index (χ2v) is 6.48. The van der Waals surface area contributed by atoms with Crippen molar-refractivity contribution in [2.24, 2.45) is 0 Å². The Kier molecular flexibility index (Phi) is 5.93. The molecule has 1 aromatic heterocycles. The lowest BCUT2D eigenvalue weighted by molar-refractivity contribution is 0.198. The van der Waals surface area contributed by atoms with Crippen LogP contribution in [0.4, 0.5) is 11.6 Å². The van der Waals surface area contributed by atoms with Crippen molar-refractivity contribution in [3.63, 3.8) is 0 Å². The molecule has 1 heterocycles. The van der Waals surface area contributed by atoms with E-state index in [1.54, 1.807) is 7.11 Å². The molecule has 0 fully saturated rings. The summed E-state index contributed by atoms with van der Waals surface area (Å²) in [7, 11) is 1.71. The van der Waals surface area contributed by atoms with E-state index >= 15 is 0 Å². The van der Waals surface area contributed by atoms with Gasteiger partial charge in [0.15, 0.2) is 5.82 Å². The van der Waals surface area contributed by atoms with E-state index in [0.717, 1.165) is 36.8 Å². The van der Waals surface area contributed by atoms with Crippen LogP contribution in [-0.4, -0.2) is 35.8 Å². The Morgan fingerprint density at radius 1 is 1.04 bits per heavy atom. The third kappa shape index (κ3) is 5.87. The minimum atomic E-state index is -0.0599. The molecule has 0 aliphatic carbocycles. The van der Waals surface area contributed by atoms with Gasteiger partial charge in [0.25, 0.3) is 0 Å². The number of anilines is 2. The van der Waals surface area contributed by atoms with Crippen molar-refractivity contribution >= 4 is 11.6 Å². The van der Waals surface area contributed by atoms with Crippen molar-refractivity contribution in [3.8, 4) is 11.4 Å². The Morgan fingerprint density at radius 3 is 2.39 bits per heavy atom. The van der Waals surface area contributed by atoms with Gasteiger partial charge in [-0.25, -0.2) is 9.97 Å². The summed E-state index contributed by atoms with van der Waals surface area (Å²) in [6.45, 7) is 7.89. The molecule has 2 rings (SSSR count). The Hall–Kier alpha value is -2.14. The van der Waals surface area contributed by atoms with Gasteiger partial charge in [-0.3, -0.25) is 0 Å². The number of nitrogens with zero attached hydrogens (tertiary/aromatic N) is 2. The maximum Gasteiger partial charge on any atom is 0.163 e. The van der Waals surface area contributed by atoms with Crippen molar-refractivity contribution in [1.82, 2.24) is 9.97 Å². The number of aromatic nitrogens is 2. The van der Waals surface area contributed by atoms with Crippen molar-refractivity contribution in [2.45, 2.75) is 32.7 Å². The first-order chi connectivity index (χ1) is 11.0. The summed E-state index contributed by atoms with van der Waals surface area (Å²) < 4.78 is 5.08. The van der Waals surface area contributed by atoms with Crippen LogP contribution in [0.2, 0.25) is 0 Å². The fraction of sp³-hybridized carbons (Fsp3) is 0.444. The Bertz CT molecular complexity index is 608. The highest BCUT2D eigenvalue weighted by molar-refractivity contribution is 5.61. The fourth-order valence-electron chi connectivity index (χ4n) is 2.14. The van der Waals surface area contributed by atoms with E-state index in [4.69, 9.17) is 4.74 Å². The number of nitrogens with one attached hydrogen (secondary N) is 2. The zero-order chi connectivity index (χ0) is 16.7. The van der Waals surface area contributed by atoms with Crippen LogP contribution in [0.3, 0.4) is 0 Å². The molecule has 23 heavy (non-hydrogen) atoms. The van der Waals surface area contributed by atoms with E-state index in [9.17, 15) is 0 Å².